The van der Waals surface area contributed by atoms with E-state index < -0.39 is 6.29 Å². The Labute approximate surface area is 299 Å². The number of rotatable bonds is 5. The molecule has 0 saturated carbocycles. The van der Waals surface area contributed by atoms with Crippen molar-refractivity contribution in [2.75, 3.05) is 0 Å². The normalized spacial score (nSPS) is 13.4. The number of aromatic nitrogens is 4. The topological polar surface area (TPSA) is 73.1 Å². The molecule has 7 aromatic carbocycles. The van der Waals surface area contributed by atoms with Gasteiger partial charge in [0.15, 0.2) is 17.5 Å². The van der Waals surface area contributed by atoms with Crippen LogP contribution in [0.4, 0.5) is 0 Å². The summed E-state index contributed by atoms with van der Waals surface area (Å²) in [6.45, 7) is 0. The Hall–Kier alpha value is -6.89. The second-order valence-electron chi connectivity index (χ2n) is 12.9. The number of fused-ring (bicyclic) bond motifs is 6. The summed E-state index contributed by atoms with van der Waals surface area (Å²) >= 11 is 0. The SMILES string of the molecule is OC1Oc2c(-c3nc(-c4ccccc4)nc(-c4ccccc4)n3)cccc2-c2ccc(-c3ccc4c(c3)c3ccccc3n4-c3ccccc3)cc21. The zero-order valence-corrected chi connectivity index (χ0v) is 27.9. The lowest BCUT2D eigenvalue weighted by Crippen LogP contribution is -2.14. The molecule has 52 heavy (non-hydrogen) atoms. The summed E-state index contributed by atoms with van der Waals surface area (Å²) < 4.78 is 8.67. The molecule has 0 saturated heterocycles. The van der Waals surface area contributed by atoms with Crippen LogP contribution in [-0.2, 0) is 0 Å². The van der Waals surface area contributed by atoms with Crippen LogP contribution in [0.5, 0.6) is 5.75 Å². The van der Waals surface area contributed by atoms with Gasteiger partial charge >= 0.3 is 0 Å². The van der Waals surface area contributed by atoms with Crippen LogP contribution in [0.3, 0.4) is 0 Å². The highest BCUT2D eigenvalue weighted by atomic mass is 16.6. The maximum absolute atomic E-state index is 11.6. The van der Waals surface area contributed by atoms with E-state index in [0.29, 0.717) is 34.3 Å². The number of aliphatic hydroxyl groups excluding tert-OH is 1. The second-order valence-corrected chi connectivity index (χ2v) is 12.9. The molecule has 0 fully saturated rings. The Morgan fingerprint density at radius 3 is 1.75 bits per heavy atom. The third-order valence-corrected chi connectivity index (χ3v) is 9.81. The number of para-hydroxylation sites is 3. The third-order valence-electron chi connectivity index (χ3n) is 9.81. The van der Waals surface area contributed by atoms with E-state index in [1.54, 1.807) is 0 Å². The molecule has 246 valence electrons. The lowest BCUT2D eigenvalue weighted by atomic mass is 9.90. The molecule has 2 aromatic heterocycles. The lowest BCUT2D eigenvalue weighted by Gasteiger charge is -2.27. The highest BCUT2D eigenvalue weighted by Gasteiger charge is 2.29. The molecule has 0 bridgehead atoms. The van der Waals surface area contributed by atoms with Crippen LogP contribution in [0.1, 0.15) is 11.9 Å². The summed E-state index contributed by atoms with van der Waals surface area (Å²) in [4.78, 5) is 14.7. The average Bonchev–Trinajstić information content (AvgIpc) is 3.55. The Morgan fingerprint density at radius 2 is 1.02 bits per heavy atom. The van der Waals surface area contributed by atoms with Crippen molar-refractivity contribution in [3.8, 4) is 67.9 Å². The fourth-order valence-corrected chi connectivity index (χ4v) is 7.36. The standard InChI is InChI=1S/C46H30N4O2/c51-46-39-28-31(32-24-26-41-38(27-32)35-19-10-11-22-40(35)50(41)33-17-8-3-9-18-33)23-25-34(39)36-20-12-21-37(42(36)52-46)45-48-43(29-13-4-1-5-14-29)47-44(49-45)30-15-6-2-7-16-30/h1-28,46,51H. The molecule has 0 spiro atoms. The molecule has 6 nitrogen and oxygen atoms in total. The molecule has 0 amide bonds. The Kier molecular flexibility index (Phi) is 7.01. The van der Waals surface area contributed by atoms with Gasteiger partial charge in [0, 0.05) is 38.7 Å². The van der Waals surface area contributed by atoms with Crippen molar-refractivity contribution in [1.82, 2.24) is 19.5 Å². The monoisotopic (exact) mass is 670 g/mol. The molecule has 6 heteroatoms. The fourth-order valence-electron chi connectivity index (χ4n) is 7.36. The first-order valence-electron chi connectivity index (χ1n) is 17.3. The molecule has 10 rings (SSSR count). The van der Waals surface area contributed by atoms with Gasteiger partial charge in [-0.2, -0.15) is 0 Å². The molecule has 0 aliphatic carbocycles. The largest absolute Gasteiger partial charge is 0.459 e. The molecule has 1 atom stereocenters. The summed E-state index contributed by atoms with van der Waals surface area (Å²) in [6, 6.07) is 57.5. The zero-order chi connectivity index (χ0) is 34.6. The summed E-state index contributed by atoms with van der Waals surface area (Å²) in [7, 11) is 0. The highest BCUT2D eigenvalue weighted by molar-refractivity contribution is 6.10. The lowest BCUT2D eigenvalue weighted by molar-refractivity contribution is -0.0208. The van der Waals surface area contributed by atoms with Crippen molar-refractivity contribution in [1.29, 1.82) is 0 Å². The predicted molar refractivity (Wildman–Crippen MR) is 207 cm³/mol. The van der Waals surface area contributed by atoms with E-state index in [9.17, 15) is 5.11 Å². The average molecular weight is 671 g/mol. The quantitative estimate of drug-likeness (QED) is 0.197. The maximum Gasteiger partial charge on any atom is 0.224 e. The van der Waals surface area contributed by atoms with E-state index in [1.165, 1.54) is 10.8 Å². The molecule has 3 heterocycles. The molecular weight excluding hydrogens is 641 g/mol. The minimum Gasteiger partial charge on any atom is -0.459 e. The van der Waals surface area contributed by atoms with Gasteiger partial charge in [0.25, 0.3) is 0 Å². The minimum atomic E-state index is -1.18. The Morgan fingerprint density at radius 1 is 0.442 bits per heavy atom. The Bertz CT molecular complexity index is 2720. The number of aliphatic hydroxyl groups is 1. The molecule has 0 radical (unpaired) electrons. The minimum absolute atomic E-state index is 0.472. The van der Waals surface area contributed by atoms with Crippen LogP contribution in [-0.4, -0.2) is 24.6 Å². The van der Waals surface area contributed by atoms with Gasteiger partial charge in [-0.3, -0.25) is 0 Å². The highest BCUT2D eigenvalue weighted by Crippen LogP contribution is 2.47. The number of nitrogens with zero attached hydrogens (tertiary/aromatic N) is 4. The summed E-state index contributed by atoms with van der Waals surface area (Å²) in [5, 5.41) is 13.9. The van der Waals surface area contributed by atoms with Crippen molar-refractivity contribution in [2.45, 2.75) is 6.29 Å². The van der Waals surface area contributed by atoms with Crippen LogP contribution < -0.4 is 4.74 Å². The molecule has 1 aliphatic heterocycles. The second kappa shape index (κ2) is 12.2. The van der Waals surface area contributed by atoms with Crippen molar-refractivity contribution >= 4 is 21.8 Å². The van der Waals surface area contributed by atoms with Crippen molar-refractivity contribution in [2.24, 2.45) is 0 Å². The fraction of sp³-hybridized carbons (Fsp3) is 0.0217. The number of hydrogen-bond donors (Lipinski definition) is 1. The van der Waals surface area contributed by atoms with Crippen molar-refractivity contribution < 1.29 is 9.84 Å². The van der Waals surface area contributed by atoms with Crippen LogP contribution in [0, 0.1) is 0 Å². The van der Waals surface area contributed by atoms with Gasteiger partial charge in [-0.1, -0.05) is 127 Å². The molecule has 9 aromatic rings. The van der Waals surface area contributed by atoms with Gasteiger partial charge in [0.2, 0.25) is 6.29 Å². The van der Waals surface area contributed by atoms with Gasteiger partial charge in [0.1, 0.15) is 5.75 Å². The van der Waals surface area contributed by atoms with Crippen LogP contribution >= 0.6 is 0 Å². The van der Waals surface area contributed by atoms with E-state index in [2.05, 4.69) is 83.4 Å². The van der Waals surface area contributed by atoms with Gasteiger partial charge in [-0.25, -0.2) is 15.0 Å². The van der Waals surface area contributed by atoms with Crippen LogP contribution in [0.15, 0.2) is 170 Å². The smallest absolute Gasteiger partial charge is 0.224 e. The van der Waals surface area contributed by atoms with Gasteiger partial charge in [-0.05, 0) is 59.2 Å². The third kappa shape index (κ3) is 4.96. The van der Waals surface area contributed by atoms with Gasteiger partial charge in [0.05, 0.1) is 16.6 Å². The van der Waals surface area contributed by atoms with Crippen LogP contribution in [0.2, 0.25) is 0 Å². The van der Waals surface area contributed by atoms with E-state index in [-0.39, 0.29) is 0 Å². The molecule has 1 N–H and O–H groups in total. The molecule has 1 aliphatic rings. The van der Waals surface area contributed by atoms with Gasteiger partial charge < -0.3 is 14.4 Å². The van der Waals surface area contributed by atoms with Crippen molar-refractivity contribution in [3.63, 3.8) is 0 Å². The van der Waals surface area contributed by atoms with Gasteiger partial charge in [-0.15, -0.1) is 0 Å². The number of benzene rings is 7. The molecule has 1 unspecified atom stereocenters. The van der Waals surface area contributed by atoms with E-state index in [1.807, 2.05) is 91.0 Å². The predicted octanol–water partition coefficient (Wildman–Crippen LogP) is 10.7. The first-order valence-corrected chi connectivity index (χ1v) is 17.3. The van der Waals surface area contributed by atoms with E-state index in [4.69, 9.17) is 19.7 Å². The van der Waals surface area contributed by atoms with Crippen LogP contribution in [0.25, 0.3) is 83.9 Å². The number of ether oxygens (including phenoxy) is 1. The summed E-state index contributed by atoms with van der Waals surface area (Å²) in [6.07, 6.45) is -1.18. The first kappa shape index (κ1) is 30.0. The Balaban J connectivity index is 1.08. The van der Waals surface area contributed by atoms with E-state index >= 15 is 0 Å². The van der Waals surface area contributed by atoms with E-state index in [0.717, 1.165) is 50.1 Å². The van der Waals surface area contributed by atoms with Crippen molar-refractivity contribution in [3.05, 3.63) is 175 Å². The number of hydrogen-bond acceptors (Lipinski definition) is 5. The summed E-state index contributed by atoms with van der Waals surface area (Å²) in [5.74, 6) is 2.13. The first-order chi connectivity index (χ1) is 25.7. The zero-order valence-electron chi connectivity index (χ0n) is 27.9. The molecular formula is C46H30N4O2. The maximum atomic E-state index is 11.6. The summed E-state index contributed by atoms with van der Waals surface area (Å²) in [5.41, 5.74) is 10.4.